The lowest BCUT2D eigenvalue weighted by atomic mass is 10.2. The van der Waals surface area contributed by atoms with Crippen LogP contribution in [-0.4, -0.2) is 88.0 Å². The fourth-order valence-electron chi connectivity index (χ4n) is 3.12. The van der Waals surface area contributed by atoms with Crippen LogP contribution in [0.3, 0.4) is 0 Å². The average molecular weight is 681 g/mol. The summed E-state index contributed by atoms with van der Waals surface area (Å²) < 4.78 is 4.48. The van der Waals surface area contributed by atoms with E-state index < -0.39 is 12.8 Å². The highest BCUT2D eigenvalue weighted by Crippen LogP contribution is 2.00. The Morgan fingerprint density at radius 2 is 1.38 bits per heavy atom. The number of unbranched alkanes of at least 4 members (excludes halogenated alkanes) is 6. The van der Waals surface area contributed by atoms with Gasteiger partial charge in [-0.3, -0.25) is 24.9 Å². The summed E-state index contributed by atoms with van der Waals surface area (Å²) in [5.41, 5.74) is 15.1. The first-order valence-corrected chi connectivity index (χ1v) is 14.7. The number of nitrogens with one attached hydrogen (secondary N) is 4. The van der Waals surface area contributed by atoms with Gasteiger partial charge >= 0.3 is 6.03 Å². The Morgan fingerprint density at radius 3 is 1.83 bits per heavy atom. The summed E-state index contributed by atoms with van der Waals surface area (Å²) in [6.07, 6.45) is 12.0. The van der Waals surface area contributed by atoms with Gasteiger partial charge in [-0.2, -0.15) is 5.26 Å². The Hall–Kier alpha value is -5.28. The molecule has 2 rings (SSSR count). The minimum absolute atomic E-state index is 0.129. The van der Waals surface area contributed by atoms with Gasteiger partial charge in [-0.1, -0.05) is 19.3 Å². The summed E-state index contributed by atoms with van der Waals surface area (Å²) in [6, 6.07) is 2.32. The minimum atomic E-state index is -0.750. The number of urea groups is 1. The SMILES string of the molecule is Cc1cc(=O)[nH]c(N)n1.Cc1cc(=O)[nH]c(NC(=O)NCCCCCCN=C=O)n1.N#COCCCCCCN=C=O.NCN.OCO. The number of nitriles is 1. The van der Waals surface area contributed by atoms with Crippen LogP contribution in [0, 0.1) is 25.4 Å². The molecule has 0 aliphatic heterocycles. The lowest BCUT2D eigenvalue weighted by molar-refractivity contribution is 0.0773. The number of H-pyrrole nitrogens is 2. The van der Waals surface area contributed by atoms with Crippen molar-refractivity contribution in [2.75, 3.05) is 50.8 Å². The molecule has 0 unspecified atom stereocenters. The maximum Gasteiger partial charge on any atom is 0.321 e. The van der Waals surface area contributed by atoms with Crippen LogP contribution < -0.4 is 39.0 Å². The van der Waals surface area contributed by atoms with Gasteiger partial charge in [0.2, 0.25) is 24.1 Å². The zero-order chi connectivity index (χ0) is 36.8. The number of aliphatic hydroxyl groups is 2. The Kier molecular flexibility index (Phi) is 35.5. The number of amides is 2. The number of nitrogen functional groups attached to an aromatic ring is 1. The number of aliphatic hydroxyl groups excluding tert-OH is 1. The Bertz CT molecular complexity index is 1330. The fourth-order valence-corrected chi connectivity index (χ4v) is 3.12. The zero-order valence-electron chi connectivity index (χ0n) is 27.4. The average Bonchev–Trinajstić information content (AvgIpc) is 3.00. The highest BCUT2D eigenvalue weighted by atomic mass is 16.5. The monoisotopic (exact) mass is 680 g/mol. The molecule has 48 heavy (non-hydrogen) atoms. The third-order valence-electron chi connectivity index (χ3n) is 4.93. The molecule has 268 valence electrons. The molecule has 0 aliphatic rings. The largest absolute Gasteiger partial charge is 0.428 e. The van der Waals surface area contributed by atoms with E-state index in [0.717, 1.165) is 51.4 Å². The number of isocyanates is 2. The van der Waals surface area contributed by atoms with E-state index in [4.69, 9.17) is 21.2 Å². The summed E-state index contributed by atoms with van der Waals surface area (Å²) in [5.74, 6) is 0.296. The first-order valence-electron chi connectivity index (χ1n) is 14.7. The molecule has 0 aromatic carbocycles. The van der Waals surface area contributed by atoms with E-state index in [1.807, 2.05) is 0 Å². The maximum absolute atomic E-state index is 11.6. The molecule has 0 radical (unpaired) electrons. The first-order chi connectivity index (χ1) is 23.0. The quantitative estimate of drug-likeness (QED) is 0.0391. The van der Waals surface area contributed by atoms with Crippen molar-refractivity contribution in [3.63, 3.8) is 0 Å². The summed E-state index contributed by atoms with van der Waals surface area (Å²) in [4.78, 5) is 72.1. The number of aromatic amines is 2. The van der Waals surface area contributed by atoms with Crippen molar-refractivity contribution >= 4 is 30.1 Å². The minimum Gasteiger partial charge on any atom is -0.428 e. The van der Waals surface area contributed by atoms with E-state index in [9.17, 15) is 24.0 Å². The van der Waals surface area contributed by atoms with Crippen LogP contribution in [0.25, 0.3) is 0 Å². The maximum atomic E-state index is 11.6. The third kappa shape index (κ3) is 36.9. The number of aryl methyl sites for hydroxylation is 2. The fraction of sp³-hybridized carbons (Fsp3) is 0.571. The predicted octanol–water partition coefficient (Wildman–Crippen LogP) is -0.0734. The first kappa shape index (κ1) is 47.1. The molecule has 0 saturated heterocycles. The number of carbonyl (C=O) groups is 1. The van der Waals surface area contributed by atoms with Gasteiger partial charge in [-0.05, 0) is 46.0 Å². The normalized spacial score (nSPS) is 8.85. The summed E-state index contributed by atoms with van der Waals surface area (Å²) in [6.45, 7) is 4.97. The second kappa shape index (κ2) is 36.2. The van der Waals surface area contributed by atoms with Crippen molar-refractivity contribution in [3.05, 3.63) is 44.2 Å². The molecule has 0 aliphatic carbocycles. The van der Waals surface area contributed by atoms with E-state index in [1.165, 1.54) is 24.3 Å². The van der Waals surface area contributed by atoms with Crippen LogP contribution in [0.15, 0.2) is 31.7 Å². The highest BCUT2D eigenvalue weighted by molar-refractivity contribution is 5.87. The van der Waals surface area contributed by atoms with Gasteiger partial charge in [0.15, 0.2) is 0 Å². The molecule has 20 heteroatoms. The molecule has 20 nitrogen and oxygen atoms in total. The molecule has 2 heterocycles. The number of ether oxygens (including phenoxy) is 1. The van der Waals surface area contributed by atoms with E-state index in [0.29, 0.717) is 37.6 Å². The van der Waals surface area contributed by atoms with Crippen molar-refractivity contribution in [1.29, 1.82) is 5.26 Å². The van der Waals surface area contributed by atoms with Crippen LogP contribution in [0.5, 0.6) is 0 Å². The molecule has 0 bridgehead atoms. The van der Waals surface area contributed by atoms with Gasteiger partial charge in [0.1, 0.15) is 13.4 Å². The topological polar surface area (TPSA) is 343 Å². The van der Waals surface area contributed by atoms with Gasteiger partial charge in [0, 0.05) is 36.7 Å². The van der Waals surface area contributed by atoms with Crippen LogP contribution in [-0.2, 0) is 14.3 Å². The number of aliphatic imine (C=N–C) groups is 2. The smallest absolute Gasteiger partial charge is 0.321 e. The summed E-state index contributed by atoms with van der Waals surface area (Å²) >= 11 is 0. The van der Waals surface area contributed by atoms with Crippen molar-refractivity contribution < 1.29 is 29.3 Å². The van der Waals surface area contributed by atoms with Gasteiger partial charge in [0.05, 0.1) is 13.1 Å². The van der Waals surface area contributed by atoms with Crippen LogP contribution >= 0.6 is 0 Å². The zero-order valence-corrected chi connectivity index (χ0v) is 27.4. The van der Waals surface area contributed by atoms with Crippen LogP contribution in [0.1, 0.15) is 62.8 Å². The lowest BCUT2D eigenvalue weighted by Gasteiger charge is -2.06. The number of anilines is 2. The Balaban J connectivity index is -0.000000631. The standard InChI is InChI=1S/C13H19N5O3.C8H12N2O2.C5H7N3O.CH6N2.CH4O2/c1-10-8-11(20)17-12(16-10)18-13(21)15-7-5-3-2-4-6-14-9-19;9-7-12-6-4-2-1-3-5-10-8-11;1-3-2-4(9)8-5(6)7-3;2*2-1-3/h8H,2-7H2,1H3,(H3,15,16,17,18,20,21);1-6H2;2H,1H3,(H3,6,7,8,9);1-3H2;2-3H,1H2. The van der Waals surface area contributed by atoms with Crippen LogP contribution in [0.4, 0.5) is 16.7 Å². The summed E-state index contributed by atoms with van der Waals surface area (Å²) in [5, 5.41) is 27.4. The number of hydrogen-bond acceptors (Lipinski definition) is 16. The molecule has 2 aromatic heterocycles. The van der Waals surface area contributed by atoms with Crippen molar-refractivity contribution in [1.82, 2.24) is 25.3 Å². The van der Waals surface area contributed by atoms with E-state index >= 15 is 0 Å². The van der Waals surface area contributed by atoms with Crippen molar-refractivity contribution in [2.45, 2.75) is 65.2 Å². The number of aromatic nitrogens is 4. The molecule has 2 amide bonds. The molecule has 0 spiro atoms. The number of nitrogens with two attached hydrogens (primary N) is 3. The predicted molar refractivity (Wildman–Crippen MR) is 178 cm³/mol. The molecule has 2 aromatic rings. The number of nitrogens with zero attached hydrogens (tertiary/aromatic N) is 5. The van der Waals surface area contributed by atoms with Gasteiger partial charge in [-0.25, -0.2) is 34.3 Å². The molecule has 0 atom stereocenters. The second-order valence-corrected chi connectivity index (χ2v) is 8.98. The number of rotatable bonds is 15. The Labute approximate surface area is 278 Å². The van der Waals surface area contributed by atoms with Gasteiger partial charge in [-0.15, -0.1) is 0 Å². The van der Waals surface area contributed by atoms with Gasteiger partial charge in [0.25, 0.3) is 17.4 Å². The molecule has 0 saturated carbocycles. The third-order valence-corrected chi connectivity index (χ3v) is 4.93. The number of carbonyl (C=O) groups excluding carboxylic acids is 3. The molecule has 12 N–H and O–H groups in total. The number of hydrogen-bond donors (Lipinski definition) is 9. The van der Waals surface area contributed by atoms with E-state index in [2.05, 4.69) is 56.8 Å². The molecular formula is C28H48N12O8. The van der Waals surface area contributed by atoms with Crippen LogP contribution in [0.2, 0.25) is 0 Å². The summed E-state index contributed by atoms with van der Waals surface area (Å²) in [7, 11) is 0. The second-order valence-electron chi connectivity index (χ2n) is 8.98. The lowest BCUT2D eigenvalue weighted by Crippen LogP contribution is -2.31. The van der Waals surface area contributed by atoms with E-state index in [-0.39, 0.29) is 29.7 Å². The molecule has 0 fully saturated rings. The molecular weight excluding hydrogens is 632 g/mol. The van der Waals surface area contributed by atoms with Gasteiger partial charge < -0.3 is 37.5 Å². The van der Waals surface area contributed by atoms with Crippen molar-refractivity contribution in [2.24, 2.45) is 21.5 Å². The van der Waals surface area contributed by atoms with E-state index in [1.54, 1.807) is 20.1 Å². The van der Waals surface area contributed by atoms with Crippen molar-refractivity contribution in [3.8, 4) is 6.26 Å². The Morgan fingerprint density at radius 1 is 0.896 bits per heavy atom. The highest BCUT2D eigenvalue weighted by Gasteiger charge is 2.03.